The summed E-state index contributed by atoms with van der Waals surface area (Å²) in [5, 5.41) is 10.3. The number of hydrogen-bond acceptors (Lipinski definition) is 3. The van der Waals surface area contributed by atoms with Gasteiger partial charge in [0.05, 0.1) is 11.1 Å². The fourth-order valence-corrected chi connectivity index (χ4v) is 2.59. The first-order valence-corrected chi connectivity index (χ1v) is 6.16. The van der Waals surface area contributed by atoms with Crippen molar-refractivity contribution >= 4 is 22.1 Å². The molecular formula is C13H10N2OS. The Balaban J connectivity index is 2.38. The molecule has 2 heterocycles. The number of aromatic nitrogens is 2. The summed E-state index contributed by atoms with van der Waals surface area (Å²) in [6, 6.07) is 9.61. The molecule has 0 aliphatic carbocycles. The number of nitrogens with one attached hydrogen (secondary N) is 1. The Morgan fingerprint density at radius 1 is 1.24 bits per heavy atom. The molecule has 0 saturated heterocycles. The maximum absolute atomic E-state index is 11.7. The number of thiophene rings is 1. The molecule has 3 nitrogen and oxygen atoms in total. The second kappa shape index (κ2) is 3.82. The Labute approximate surface area is 102 Å². The molecule has 0 atom stereocenters. The average molecular weight is 242 g/mol. The molecule has 1 N–H and O–H groups in total. The molecule has 4 heteroatoms. The van der Waals surface area contributed by atoms with Crippen molar-refractivity contribution in [3.05, 3.63) is 50.9 Å². The first-order valence-electron chi connectivity index (χ1n) is 5.28. The predicted octanol–water partition coefficient (Wildman–Crippen LogP) is 2.96. The van der Waals surface area contributed by atoms with Gasteiger partial charge in [-0.1, -0.05) is 18.2 Å². The van der Waals surface area contributed by atoms with Crippen LogP contribution in [0.15, 0.2) is 40.5 Å². The lowest BCUT2D eigenvalue weighted by Crippen LogP contribution is -2.08. The summed E-state index contributed by atoms with van der Waals surface area (Å²) >= 11 is 1.68. The van der Waals surface area contributed by atoms with E-state index < -0.39 is 0 Å². The van der Waals surface area contributed by atoms with Crippen LogP contribution in [0.2, 0.25) is 0 Å². The van der Waals surface area contributed by atoms with Gasteiger partial charge in [-0.3, -0.25) is 4.79 Å². The van der Waals surface area contributed by atoms with Gasteiger partial charge in [0, 0.05) is 21.2 Å². The van der Waals surface area contributed by atoms with Crippen molar-refractivity contribution in [3.63, 3.8) is 0 Å². The summed E-state index contributed by atoms with van der Waals surface area (Å²) in [6.45, 7) is 2.06. The number of aryl methyl sites for hydroxylation is 1. The molecule has 0 spiro atoms. The molecule has 17 heavy (non-hydrogen) atoms. The van der Waals surface area contributed by atoms with E-state index in [-0.39, 0.29) is 5.56 Å². The third-order valence-electron chi connectivity index (χ3n) is 2.70. The Morgan fingerprint density at radius 3 is 2.71 bits per heavy atom. The van der Waals surface area contributed by atoms with Gasteiger partial charge in [-0.15, -0.1) is 11.3 Å². The average Bonchev–Trinajstić information content (AvgIpc) is 2.77. The van der Waals surface area contributed by atoms with Gasteiger partial charge in [0.2, 0.25) is 0 Å². The fourth-order valence-electron chi connectivity index (χ4n) is 1.90. The minimum atomic E-state index is -0.142. The molecule has 1 aromatic carbocycles. The lowest BCUT2D eigenvalue weighted by atomic mass is 10.1. The summed E-state index contributed by atoms with van der Waals surface area (Å²) in [5.41, 5.74) is 1.75. The molecule has 3 rings (SSSR count). The van der Waals surface area contributed by atoms with Crippen LogP contribution in [0.4, 0.5) is 0 Å². The van der Waals surface area contributed by atoms with E-state index in [1.807, 2.05) is 24.3 Å². The first-order chi connectivity index (χ1) is 8.25. The zero-order valence-corrected chi connectivity index (χ0v) is 10.0. The van der Waals surface area contributed by atoms with Gasteiger partial charge in [0.25, 0.3) is 5.56 Å². The van der Waals surface area contributed by atoms with E-state index in [2.05, 4.69) is 28.6 Å². The van der Waals surface area contributed by atoms with Crippen LogP contribution in [-0.2, 0) is 0 Å². The molecular weight excluding hydrogens is 232 g/mol. The topological polar surface area (TPSA) is 45.8 Å². The Morgan fingerprint density at radius 2 is 2.00 bits per heavy atom. The van der Waals surface area contributed by atoms with Crippen LogP contribution in [0, 0.1) is 6.92 Å². The SMILES string of the molecule is Cc1cc(-c2n[nH]c(=O)c3ccccc23)cs1. The summed E-state index contributed by atoms with van der Waals surface area (Å²) in [4.78, 5) is 12.9. The van der Waals surface area contributed by atoms with E-state index in [4.69, 9.17) is 0 Å². The quantitative estimate of drug-likeness (QED) is 0.713. The van der Waals surface area contributed by atoms with Crippen LogP contribution < -0.4 is 5.56 Å². The van der Waals surface area contributed by atoms with Crippen molar-refractivity contribution in [1.29, 1.82) is 0 Å². The van der Waals surface area contributed by atoms with Gasteiger partial charge in [-0.25, -0.2) is 5.10 Å². The highest BCUT2D eigenvalue weighted by Crippen LogP contribution is 2.27. The van der Waals surface area contributed by atoms with E-state index in [9.17, 15) is 4.79 Å². The van der Waals surface area contributed by atoms with Crippen molar-refractivity contribution in [2.45, 2.75) is 6.92 Å². The van der Waals surface area contributed by atoms with E-state index in [1.54, 1.807) is 11.3 Å². The van der Waals surface area contributed by atoms with Crippen LogP contribution in [0.3, 0.4) is 0 Å². The lowest BCUT2D eigenvalue weighted by molar-refractivity contribution is 1.02. The summed E-state index contributed by atoms with van der Waals surface area (Å²) < 4.78 is 0. The third kappa shape index (κ3) is 1.66. The second-order valence-electron chi connectivity index (χ2n) is 3.89. The van der Waals surface area contributed by atoms with E-state index >= 15 is 0 Å². The normalized spacial score (nSPS) is 10.9. The number of nitrogens with zero attached hydrogens (tertiary/aromatic N) is 1. The fraction of sp³-hybridized carbons (Fsp3) is 0.0769. The highest BCUT2D eigenvalue weighted by atomic mass is 32.1. The van der Waals surface area contributed by atoms with E-state index in [0.717, 1.165) is 16.6 Å². The maximum atomic E-state index is 11.7. The number of H-pyrrole nitrogens is 1. The molecule has 0 saturated carbocycles. The van der Waals surface area contributed by atoms with Gasteiger partial charge in [-0.2, -0.15) is 5.10 Å². The van der Waals surface area contributed by atoms with Crippen LogP contribution >= 0.6 is 11.3 Å². The Bertz CT molecular complexity index is 742. The molecule has 0 unspecified atom stereocenters. The van der Waals surface area contributed by atoms with Crippen LogP contribution in [0.25, 0.3) is 22.0 Å². The predicted molar refractivity (Wildman–Crippen MR) is 70.4 cm³/mol. The number of benzene rings is 1. The van der Waals surface area contributed by atoms with Gasteiger partial charge >= 0.3 is 0 Å². The van der Waals surface area contributed by atoms with E-state index in [1.165, 1.54) is 4.88 Å². The third-order valence-corrected chi connectivity index (χ3v) is 3.56. The summed E-state index contributed by atoms with van der Waals surface area (Å²) in [5.74, 6) is 0. The molecule has 0 aliphatic heterocycles. The maximum Gasteiger partial charge on any atom is 0.272 e. The van der Waals surface area contributed by atoms with Gasteiger partial charge in [-0.05, 0) is 19.1 Å². The minimum absolute atomic E-state index is 0.142. The lowest BCUT2D eigenvalue weighted by Gasteiger charge is -2.02. The van der Waals surface area contributed by atoms with Gasteiger partial charge in [0.15, 0.2) is 0 Å². The highest BCUT2D eigenvalue weighted by molar-refractivity contribution is 7.10. The molecule has 0 fully saturated rings. The number of hydrogen-bond donors (Lipinski definition) is 1. The number of rotatable bonds is 1. The molecule has 0 bridgehead atoms. The van der Waals surface area contributed by atoms with Crippen LogP contribution in [0.1, 0.15) is 4.88 Å². The van der Waals surface area contributed by atoms with Crippen LogP contribution in [-0.4, -0.2) is 10.2 Å². The first kappa shape index (κ1) is 10.2. The molecule has 84 valence electrons. The smallest absolute Gasteiger partial charge is 0.267 e. The largest absolute Gasteiger partial charge is 0.272 e. The van der Waals surface area contributed by atoms with Gasteiger partial charge < -0.3 is 0 Å². The van der Waals surface area contributed by atoms with Gasteiger partial charge in [0.1, 0.15) is 0 Å². The number of fused-ring (bicyclic) bond motifs is 1. The zero-order chi connectivity index (χ0) is 11.8. The van der Waals surface area contributed by atoms with Crippen molar-refractivity contribution in [2.24, 2.45) is 0 Å². The van der Waals surface area contributed by atoms with Crippen molar-refractivity contribution in [1.82, 2.24) is 10.2 Å². The molecule has 3 aromatic rings. The zero-order valence-electron chi connectivity index (χ0n) is 9.23. The molecule has 2 aromatic heterocycles. The van der Waals surface area contributed by atoms with E-state index in [0.29, 0.717) is 5.39 Å². The Hall–Kier alpha value is -1.94. The second-order valence-corrected chi connectivity index (χ2v) is 5.01. The standard InChI is InChI=1S/C13H10N2OS/c1-8-6-9(7-17-8)12-10-4-2-3-5-11(10)13(16)15-14-12/h2-7H,1H3,(H,15,16). The molecule has 0 aliphatic rings. The number of aromatic amines is 1. The van der Waals surface area contributed by atoms with Crippen molar-refractivity contribution in [2.75, 3.05) is 0 Å². The highest BCUT2D eigenvalue weighted by Gasteiger charge is 2.08. The monoisotopic (exact) mass is 242 g/mol. The summed E-state index contributed by atoms with van der Waals surface area (Å²) in [6.07, 6.45) is 0. The van der Waals surface area contributed by atoms with Crippen molar-refractivity contribution in [3.8, 4) is 11.3 Å². The minimum Gasteiger partial charge on any atom is -0.267 e. The Kier molecular flexibility index (Phi) is 2.30. The molecule has 0 amide bonds. The van der Waals surface area contributed by atoms with Crippen LogP contribution in [0.5, 0.6) is 0 Å². The van der Waals surface area contributed by atoms with Crippen molar-refractivity contribution < 1.29 is 0 Å². The molecule has 0 radical (unpaired) electrons. The summed E-state index contributed by atoms with van der Waals surface area (Å²) in [7, 11) is 0.